The normalized spacial score (nSPS) is 18.0. The number of para-hydroxylation sites is 2. The van der Waals surface area contributed by atoms with Gasteiger partial charge < -0.3 is 24.8 Å². The first-order chi connectivity index (χ1) is 15.1. The van der Waals surface area contributed by atoms with Crippen LogP contribution in [0.3, 0.4) is 0 Å². The molecule has 1 saturated heterocycles. The van der Waals surface area contributed by atoms with Gasteiger partial charge in [0.1, 0.15) is 5.75 Å². The van der Waals surface area contributed by atoms with Crippen LogP contribution in [-0.2, 0) is 11.8 Å². The Bertz CT molecular complexity index is 1070. The molecule has 1 fully saturated rings. The first-order valence-electron chi connectivity index (χ1n) is 10.1. The van der Waals surface area contributed by atoms with Crippen molar-refractivity contribution in [3.8, 4) is 5.75 Å². The van der Waals surface area contributed by atoms with Gasteiger partial charge in [-0.25, -0.2) is 0 Å². The molecule has 0 radical (unpaired) electrons. The standard InChI is InChI=1S/C23H25N5O2S/c1-27-14-7-10-18(27)22-21(17-9-5-6-13-24-17)26-23(31)28(22)15-12-20(29)25-16-8-3-4-11-19(16)30-2/h3-11,13-14,21-22H,12,15H2,1-2H3,(H,25,29)(H,26,31)/t21-,22-/m1/s1. The number of nitrogens with zero attached hydrogens (tertiary/aromatic N) is 3. The van der Waals surface area contributed by atoms with Gasteiger partial charge in [-0.2, -0.15) is 0 Å². The van der Waals surface area contributed by atoms with Crippen molar-refractivity contribution in [3.05, 3.63) is 78.4 Å². The van der Waals surface area contributed by atoms with Crippen molar-refractivity contribution in [2.24, 2.45) is 7.05 Å². The van der Waals surface area contributed by atoms with Crippen LogP contribution in [0.2, 0.25) is 0 Å². The van der Waals surface area contributed by atoms with Gasteiger partial charge in [-0.05, 0) is 48.6 Å². The van der Waals surface area contributed by atoms with Gasteiger partial charge in [0.15, 0.2) is 5.11 Å². The number of carbonyl (C=O) groups is 1. The van der Waals surface area contributed by atoms with Gasteiger partial charge in [0.25, 0.3) is 0 Å². The molecule has 7 nitrogen and oxygen atoms in total. The van der Waals surface area contributed by atoms with Crippen molar-refractivity contribution in [1.29, 1.82) is 0 Å². The second-order valence-electron chi connectivity index (χ2n) is 7.36. The molecule has 0 spiro atoms. The quantitative estimate of drug-likeness (QED) is 0.554. The minimum absolute atomic E-state index is 0.0681. The molecule has 0 aliphatic carbocycles. The Morgan fingerprint density at radius 1 is 1.19 bits per heavy atom. The highest BCUT2D eigenvalue weighted by molar-refractivity contribution is 7.80. The number of hydrogen-bond donors (Lipinski definition) is 2. The minimum Gasteiger partial charge on any atom is -0.495 e. The number of nitrogens with one attached hydrogen (secondary N) is 2. The van der Waals surface area contributed by atoms with Crippen LogP contribution in [-0.4, -0.2) is 39.1 Å². The van der Waals surface area contributed by atoms with Crippen LogP contribution in [0.1, 0.15) is 29.9 Å². The summed E-state index contributed by atoms with van der Waals surface area (Å²) < 4.78 is 7.40. The first-order valence-corrected chi connectivity index (χ1v) is 10.5. The number of pyridine rings is 1. The molecule has 3 heterocycles. The molecule has 0 saturated carbocycles. The number of aryl methyl sites for hydroxylation is 1. The van der Waals surface area contributed by atoms with Crippen LogP contribution in [0.15, 0.2) is 67.0 Å². The Morgan fingerprint density at radius 2 is 2.00 bits per heavy atom. The maximum Gasteiger partial charge on any atom is 0.226 e. The zero-order chi connectivity index (χ0) is 21.8. The number of thiocarbonyl (C=S) groups is 1. The van der Waals surface area contributed by atoms with Crippen molar-refractivity contribution < 1.29 is 9.53 Å². The Labute approximate surface area is 187 Å². The number of amides is 1. The largest absolute Gasteiger partial charge is 0.495 e. The van der Waals surface area contributed by atoms with Crippen molar-refractivity contribution in [2.75, 3.05) is 19.0 Å². The molecule has 3 aromatic rings. The van der Waals surface area contributed by atoms with E-state index in [1.807, 2.05) is 61.8 Å². The fourth-order valence-electron chi connectivity index (χ4n) is 3.93. The summed E-state index contributed by atoms with van der Waals surface area (Å²) in [6.45, 7) is 0.478. The lowest BCUT2D eigenvalue weighted by atomic mass is 10.0. The van der Waals surface area contributed by atoms with E-state index in [9.17, 15) is 4.79 Å². The predicted molar refractivity (Wildman–Crippen MR) is 124 cm³/mol. The maximum atomic E-state index is 12.7. The van der Waals surface area contributed by atoms with E-state index in [0.717, 1.165) is 11.4 Å². The number of anilines is 1. The number of ether oxygens (including phenoxy) is 1. The Hall–Kier alpha value is -3.39. The Balaban J connectivity index is 1.53. The van der Waals surface area contributed by atoms with E-state index in [1.165, 1.54) is 0 Å². The highest BCUT2D eigenvalue weighted by atomic mass is 32.1. The summed E-state index contributed by atoms with van der Waals surface area (Å²) in [5.41, 5.74) is 2.67. The summed E-state index contributed by atoms with van der Waals surface area (Å²) in [5.74, 6) is 0.533. The average molecular weight is 436 g/mol. The van der Waals surface area contributed by atoms with Crippen LogP contribution in [0, 0.1) is 0 Å². The van der Waals surface area contributed by atoms with E-state index < -0.39 is 0 Å². The summed E-state index contributed by atoms with van der Waals surface area (Å²) in [6.07, 6.45) is 4.08. The number of aromatic nitrogens is 2. The third-order valence-corrected chi connectivity index (χ3v) is 5.80. The van der Waals surface area contributed by atoms with Gasteiger partial charge in [-0.15, -0.1) is 0 Å². The first kappa shape index (κ1) is 20.9. The molecule has 2 aromatic heterocycles. The van der Waals surface area contributed by atoms with Crippen LogP contribution in [0.25, 0.3) is 0 Å². The number of hydrogen-bond acceptors (Lipinski definition) is 4. The summed E-state index contributed by atoms with van der Waals surface area (Å²) in [4.78, 5) is 19.3. The van der Waals surface area contributed by atoms with Gasteiger partial charge >= 0.3 is 0 Å². The fourth-order valence-corrected chi connectivity index (χ4v) is 4.26. The molecular weight excluding hydrogens is 410 g/mol. The third-order valence-electron chi connectivity index (χ3n) is 5.45. The van der Waals surface area contributed by atoms with Crippen LogP contribution in [0.4, 0.5) is 5.69 Å². The number of benzene rings is 1. The van der Waals surface area contributed by atoms with Crippen LogP contribution >= 0.6 is 12.2 Å². The second kappa shape index (κ2) is 9.18. The molecular formula is C23H25N5O2S. The summed E-state index contributed by atoms with van der Waals surface area (Å²) >= 11 is 5.66. The molecule has 1 amide bonds. The zero-order valence-electron chi connectivity index (χ0n) is 17.5. The van der Waals surface area contributed by atoms with E-state index >= 15 is 0 Å². The Kier molecular flexibility index (Phi) is 6.18. The minimum atomic E-state index is -0.0979. The highest BCUT2D eigenvalue weighted by Crippen LogP contribution is 2.38. The molecule has 1 aliphatic heterocycles. The van der Waals surface area contributed by atoms with Crippen LogP contribution in [0.5, 0.6) is 5.75 Å². The highest BCUT2D eigenvalue weighted by Gasteiger charge is 2.40. The molecule has 1 aliphatic rings. The molecule has 4 rings (SSSR count). The summed E-state index contributed by atoms with van der Waals surface area (Å²) in [5, 5.41) is 6.96. The molecule has 2 N–H and O–H groups in total. The average Bonchev–Trinajstić information content (AvgIpc) is 3.35. The van der Waals surface area contributed by atoms with E-state index in [1.54, 1.807) is 13.3 Å². The smallest absolute Gasteiger partial charge is 0.226 e. The van der Waals surface area contributed by atoms with Crippen molar-refractivity contribution in [2.45, 2.75) is 18.5 Å². The molecule has 1 aromatic carbocycles. The van der Waals surface area contributed by atoms with Gasteiger partial charge in [0.2, 0.25) is 5.91 Å². The van der Waals surface area contributed by atoms with E-state index in [4.69, 9.17) is 17.0 Å². The second-order valence-corrected chi connectivity index (χ2v) is 7.75. The van der Waals surface area contributed by atoms with Gasteiger partial charge in [-0.1, -0.05) is 18.2 Å². The summed E-state index contributed by atoms with van der Waals surface area (Å²) in [6, 6.07) is 17.2. The van der Waals surface area contributed by atoms with Crippen LogP contribution < -0.4 is 15.4 Å². The number of methoxy groups -OCH3 is 1. The molecule has 160 valence electrons. The third kappa shape index (κ3) is 4.39. The van der Waals surface area contributed by atoms with E-state index in [2.05, 4.69) is 31.2 Å². The van der Waals surface area contributed by atoms with Gasteiger partial charge in [-0.3, -0.25) is 9.78 Å². The molecule has 0 unspecified atom stereocenters. The van der Waals surface area contributed by atoms with Crippen molar-refractivity contribution >= 4 is 28.9 Å². The van der Waals surface area contributed by atoms with Gasteiger partial charge in [0.05, 0.1) is 30.6 Å². The van der Waals surface area contributed by atoms with E-state index in [0.29, 0.717) is 23.1 Å². The van der Waals surface area contributed by atoms with Crippen molar-refractivity contribution in [3.63, 3.8) is 0 Å². The lowest BCUT2D eigenvalue weighted by Crippen LogP contribution is -2.33. The SMILES string of the molecule is COc1ccccc1NC(=O)CCN1C(=S)N[C@H](c2ccccn2)[C@H]1c1cccn1C. The molecule has 31 heavy (non-hydrogen) atoms. The molecule has 0 bridgehead atoms. The van der Waals surface area contributed by atoms with Gasteiger partial charge in [0, 0.05) is 38.1 Å². The number of rotatable bonds is 7. The predicted octanol–water partition coefficient (Wildman–Crippen LogP) is 3.43. The lowest BCUT2D eigenvalue weighted by Gasteiger charge is -2.28. The Morgan fingerprint density at radius 3 is 2.71 bits per heavy atom. The fraction of sp³-hybridized carbons (Fsp3) is 0.261. The maximum absolute atomic E-state index is 12.7. The van der Waals surface area contributed by atoms with E-state index in [-0.39, 0.29) is 24.4 Å². The zero-order valence-corrected chi connectivity index (χ0v) is 18.3. The monoisotopic (exact) mass is 435 g/mol. The molecule has 2 atom stereocenters. The number of carbonyl (C=O) groups excluding carboxylic acids is 1. The molecule has 8 heteroatoms. The summed E-state index contributed by atoms with van der Waals surface area (Å²) in [7, 11) is 3.60. The van der Waals surface area contributed by atoms with Crippen molar-refractivity contribution in [1.82, 2.24) is 19.8 Å². The lowest BCUT2D eigenvalue weighted by molar-refractivity contribution is -0.116. The topological polar surface area (TPSA) is 71.4 Å².